The van der Waals surface area contributed by atoms with Gasteiger partial charge < -0.3 is 20.2 Å². The Kier molecular flexibility index (Phi) is 3.87. The van der Waals surface area contributed by atoms with Crippen LogP contribution in [0, 0.1) is 0 Å². The van der Waals surface area contributed by atoms with Crippen LogP contribution in [-0.4, -0.2) is 30.1 Å². The SMILES string of the molecule is Nc1ccccc1-c1nc(C(=O)NCC2CCCO2)co1. The second-order valence-corrected chi connectivity index (χ2v) is 4.97. The molecule has 1 fully saturated rings. The number of oxazole rings is 1. The number of hydrogen-bond donors (Lipinski definition) is 2. The third kappa shape index (κ3) is 3.05. The van der Waals surface area contributed by atoms with E-state index in [2.05, 4.69) is 10.3 Å². The summed E-state index contributed by atoms with van der Waals surface area (Å²) in [5.41, 5.74) is 7.34. The number of ether oxygens (including phenoxy) is 1. The molecule has 2 aromatic rings. The largest absolute Gasteiger partial charge is 0.444 e. The number of rotatable bonds is 4. The number of nitrogen functional groups attached to an aromatic ring is 1. The molecule has 0 bridgehead atoms. The van der Waals surface area contributed by atoms with Gasteiger partial charge in [-0.05, 0) is 25.0 Å². The van der Waals surface area contributed by atoms with Gasteiger partial charge in [-0.2, -0.15) is 0 Å². The van der Waals surface area contributed by atoms with Gasteiger partial charge in [0.25, 0.3) is 5.91 Å². The maximum absolute atomic E-state index is 12.0. The van der Waals surface area contributed by atoms with Crippen LogP contribution in [0.1, 0.15) is 23.3 Å². The summed E-state index contributed by atoms with van der Waals surface area (Å²) in [6, 6.07) is 7.23. The molecule has 6 heteroatoms. The molecule has 1 aromatic heterocycles. The van der Waals surface area contributed by atoms with Crippen LogP contribution in [0.15, 0.2) is 34.9 Å². The predicted molar refractivity (Wildman–Crippen MR) is 77.7 cm³/mol. The number of anilines is 1. The number of nitrogens with one attached hydrogen (secondary N) is 1. The zero-order valence-corrected chi connectivity index (χ0v) is 11.5. The van der Waals surface area contributed by atoms with E-state index in [9.17, 15) is 4.79 Å². The maximum Gasteiger partial charge on any atom is 0.273 e. The van der Waals surface area contributed by atoms with Crippen molar-refractivity contribution in [3.8, 4) is 11.5 Å². The van der Waals surface area contributed by atoms with E-state index in [4.69, 9.17) is 14.9 Å². The van der Waals surface area contributed by atoms with Gasteiger partial charge in [0.15, 0.2) is 5.69 Å². The molecule has 110 valence electrons. The van der Waals surface area contributed by atoms with Crippen molar-refractivity contribution in [2.45, 2.75) is 18.9 Å². The van der Waals surface area contributed by atoms with Crippen LogP contribution in [0.4, 0.5) is 5.69 Å². The molecule has 1 amide bonds. The Morgan fingerprint density at radius 3 is 3.05 bits per heavy atom. The smallest absolute Gasteiger partial charge is 0.273 e. The fourth-order valence-electron chi connectivity index (χ4n) is 2.30. The van der Waals surface area contributed by atoms with E-state index in [1.807, 2.05) is 12.1 Å². The first-order valence-corrected chi connectivity index (χ1v) is 6.94. The zero-order chi connectivity index (χ0) is 14.7. The lowest BCUT2D eigenvalue weighted by atomic mass is 10.2. The second-order valence-electron chi connectivity index (χ2n) is 4.97. The summed E-state index contributed by atoms with van der Waals surface area (Å²) in [6.07, 6.45) is 3.46. The van der Waals surface area contributed by atoms with Crippen molar-refractivity contribution in [1.82, 2.24) is 10.3 Å². The molecule has 2 heterocycles. The lowest BCUT2D eigenvalue weighted by Crippen LogP contribution is -2.31. The average molecular weight is 287 g/mol. The minimum Gasteiger partial charge on any atom is -0.444 e. The third-order valence-electron chi connectivity index (χ3n) is 3.44. The predicted octanol–water partition coefficient (Wildman–Crippen LogP) is 1.83. The lowest BCUT2D eigenvalue weighted by molar-refractivity contribution is 0.0853. The fraction of sp³-hybridized carbons (Fsp3) is 0.333. The van der Waals surface area contributed by atoms with Gasteiger partial charge >= 0.3 is 0 Å². The number of aromatic nitrogens is 1. The number of hydrogen-bond acceptors (Lipinski definition) is 5. The molecule has 1 atom stereocenters. The number of benzene rings is 1. The minimum atomic E-state index is -0.269. The molecule has 1 aliphatic heterocycles. The minimum absolute atomic E-state index is 0.102. The highest BCUT2D eigenvalue weighted by Gasteiger charge is 2.19. The van der Waals surface area contributed by atoms with E-state index in [1.165, 1.54) is 6.26 Å². The van der Waals surface area contributed by atoms with Gasteiger partial charge in [0.2, 0.25) is 5.89 Å². The summed E-state index contributed by atoms with van der Waals surface area (Å²) in [6.45, 7) is 1.26. The summed E-state index contributed by atoms with van der Waals surface area (Å²) in [5, 5.41) is 2.80. The molecule has 0 aliphatic carbocycles. The monoisotopic (exact) mass is 287 g/mol. The first kappa shape index (κ1) is 13.6. The van der Waals surface area contributed by atoms with Crippen LogP contribution >= 0.6 is 0 Å². The summed E-state index contributed by atoms with van der Waals surface area (Å²) < 4.78 is 10.8. The van der Waals surface area contributed by atoms with Gasteiger partial charge in [0.05, 0.1) is 11.7 Å². The van der Waals surface area contributed by atoms with Gasteiger partial charge in [0, 0.05) is 18.8 Å². The Balaban J connectivity index is 1.66. The van der Waals surface area contributed by atoms with Crippen molar-refractivity contribution in [3.05, 3.63) is 36.2 Å². The van der Waals surface area contributed by atoms with E-state index in [-0.39, 0.29) is 17.7 Å². The van der Waals surface area contributed by atoms with Crippen LogP contribution in [0.3, 0.4) is 0 Å². The molecule has 1 saturated heterocycles. The molecule has 0 radical (unpaired) electrons. The molecule has 1 unspecified atom stereocenters. The topological polar surface area (TPSA) is 90.4 Å². The Labute approximate surface area is 122 Å². The molecule has 3 N–H and O–H groups in total. The third-order valence-corrected chi connectivity index (χ3v) is 3.44. The van der Waals surface area contributed by atoms with Gasteiger partial charge in [-0.3, -0.25) is 4.79 Å². The van der Waals surface area contributed by atoms with Crippen LogP contribution in [-0.2, 0) is 4.74 Å². The summed E-state index contributed by atoms with van der Waals surface area (Å²) in [7, 11) is 0. The molecule has 0 spiro atoms. The summed E-state index contributed by atoms with van der Waals surface area (Å²) >= 11 is 0. The van der Waals surface area contributed by atoms with E-state index in [0.29, 0.717) is 23.7 Å². The van der Waals surface area contributed by atoms with Gasteiger partial charge in [-0.1, -0.05) is 12.1 Å². The molecule has 3 rings (SSSR count). The number of carbonyl (C=O) groups excluding carboxylic acids is 1. The normalized spacial score (nSPS) is 17.8. The van der Waals surface area contributed by atoms with Crippen LogP contribution in [0.2, 0.25) is 0 Å². The highest BCUT2D eigenvalue weighted by molar-refractivity contribution is 5.92. The zero-order valence-electron chi connectivity index (χ0n) is 11.5. The Hall–Kier alpha value is -2.34. The van der Waals surface area contributed by atoms with Gasteiger partial charge in [-0.15, -0.1) is 0 Å². The van der Waals surface area contributed by atoms with Crippen LogP contribution < -0.4 is 11.1 Å². The first-order chi connectivity index (χ1) is 10.2. The Morgan fingerprint density at radius 2 is 2.29 bits per heavy atom. The molecule has 1 aromatic carbocycles. The van der Waals surface area contributed by atoms with E-state index in [1.54, 1.807) is 12.1 Å². The number of amides is 1. The highest BCUT2D eigenvalue weighted by Crippen LogP contribution is 2.24. The van der Waals surface area contributed by atoms with E-state index in [0.717, 1.165) is 19.4 Å². The molecular formula is C15H17N3O3. The molecule has 1 aliphatic rings. The molecular weight excluding hydrogens is 270 g/mol. The Bertz CT molecular complexity index is 633. The second kappa shape index (κ2) is 5.97. The van der Waals surface area contributed by atoms with Crippen LogP contribution in [0.5, 0.6) is 0 Å². The average Bonchev–Trinajstić information content (AvgIpc) is 3.17. The van der Waals surface area contributed by atoms with Crippen molar-refractivity contribution in [1.29, 1.82) is 0 Å². The van der Waals surface area contributed by atoms with Crippen molar-refractivity contribution in [3.63, 3.8) is 0 Å². The van der Waals surface area contributed by atoms with E-state index < -0.39 is 0 Å². The quantitative estimate of drug-likeness (QED) is 0.837. The first-order valence-electron chi connectivity index (χ1n) is 6.94. The molecule has 0 saturated carbocycles. The Morgan fingerprint density at radius 1 is 1.43 bits per heavy atom. The standard InChI is InChI=1S/C15H17N3O3/c16-12-6-2-1-5-11(12)15-18-13(9-21-15)14(19)17-8-10-4-3-7-20-10/h1-2,5-6,9-10H,3-4,7-8,16H2,(H,17,19). The van der Waals surface area contributed by atoms with Crippen molar-refractivity contribution in [2.75, 3.05) is 18.9 Å². The number of para-hydroxylation sites is 1. The van der Waals surface area contributed by atoms with Crippen molar-refractivity contribution >= 4 is 11.6 Å². The van der Waals surface area contributed by atoms with Crippen molar-refractivity contribution < 1.29 is 13.9 Å². The number of nitrogens with two attached hydrogens (primary N) is 1. The van der Waals surface area contributed by atoms with E-state index >= 15 is 0 Å². The van der Waals surface area contributed by atoms with Gasteiger partial charge in [-0.25, -0.2) is 4.98 Å². The molecule has 21 heavy (non-hydrogen) atoms. The summed E-state index contributed by atoms with van der Waals surface area (Å²) in [4.78, 5) is 16.2. The van der Waals surface area contributed by atoms with Gasteiger partial charge in [0.1, 0.15) is 6.26 Å². The maximum atomic E-state index is 12.0. The fourth-order valence-corrected chi connectivity index (χ4v) is 2.30. The number of nitrogens with zero attached hydrogens (tertiary/aromatic N) is 1. The molecule has 6 nitrogen and oxygen atoms in total. The number of carbonyl (C=O) groups is 1. The van der Waals surface area contributed by atoms with Crippen LogP contribution in [0.25, 0.3) is 11.5 Å². The van der Waals surface area contributed by atoms with Crippen molar-refractivity contribution in [2.24, 2.45) is 0 Å². The highest BCUT2D eigenvalue weighted by atomic mass is 16.5. The summed E-state index contributed by atoms with van der Waals surface area (Å²) in [5.74, 6) is 0.0744. The lowest BCUT2D eigenvalue weighted by Gasteiger charge is -2.09.